The first-order valence-electron chi connectivity index (χ1n) is 8.89. The molecule has 7 nitrogen and oxygen atoms in total. The van der Waals surface area contributed by atoms with E-state index in [4.69, 9.17) is 0 Å². The van der Waals surface area contributed by atoms with E-state index in [0.29, 0.717) is 38.8 Å². The summed E-state index contributed by atoms with van der Waals surface area (Å²) < 4.78 is 0. The number of ketones is 2. The first-order valence-corrected chi connectivity index (χ1v) is 9.77. The van der Waals surface area contributed by atoms with Crippen molar-refractivity contribution in [1.29, 1.82) is 0 Å². The van der Waals surface area contributed by atoms with Crippen molar-refractivity contribution in [3.05, 3.63) is 46.8 Å². The fourth-order valence-electron chi connectivity index (χ4n) is 3.50. The van der Waals surface area contributed by atoms with Gasteiger partial charge < -0.3 is 9.97 Å². The van der Waals surface area contributed by atoms with Crippen molar-refractivity contribution < 1.29 is 9.59 Å². The van der Waals surface area contributed by atoms with Crippen molar-refractivity contribution in [2.75, 3.05) is 0 Å². The molecule has 0 unspecified atom stereocenters. The summed E-state index contributed by atoms with van der Waals surface area (Å²) in [5.74, 6) is -0.152. The van der Waals surface area contributed by atoms with Crippen LogP contribution in [0.1, 0.15) is 46.0 Å². The third-order valence-corrected chi connectivity index (χ3v) is 5.74. The lowest BCUT2D eigenvalue weighted by Gasteiger charge is -2.08. The standard InChI is InChI=1S/C20H19N5O2S/c1-9-15(11(3)26)10(2)21-16(9)18(27)12(4)28-20-23-19-17(24-25-20)13-7-5-6-8-14(13)22-19/h5-8,12,21H,1-4H3,(H,22,23,25)/t12-/m0/s1. The Balaban J connectivity index is 1.62. The van der Waals surface area contributed by atoms with Gasteiger partial charge in [-0.25, -0.2) is 4.98 Å². The molecule has 0 aliphatic carbocycles. The number of rotatable bonds is 5. The minimum absolute atomic E-state index is 0.0533. The summed E-state index contributed by atoms with van der Waals surface area (Å²) in [5, 5.41) is 9.43. The molecule has 0 spiro atoms. The van der Waals surface area contributed by atoms with Gasteiger partial charge in [-0.05, 0) is 39.3 Å². The van der Waals surface area contributed by atoms with Crippen LogP contribution in [0.5, 0.6) is 0 Å². The Labute approximate surface area is 165 Å². The zero-order chi connectivity index (χ0) is 20.0. The van der Waals surface area contributed by atoms with Crippen LogP contribution in [0.4, 0.5) is 0 Å². The van der Waals surface area contributed by atoms with Gasteiger partial charge in [0.25, 0.3) is 0 Å². The van der Waals surface area contributed by atoms with Gasteiger partial charge in [0.2, 0.25) is 5.16 Å². The summed E-state index contributed by atoms with van der Waals surface area (Å²) in [6.45, 7) is 6.90. The molecule has 4 aromatic rings. The van der Waals surface area contributed by atoms with Crippen LogP contribution in [0.2, 0.25) is 0 Å². The Morgan fingerprint density at radius 1 is 1.11 bits per heavy atom. The lowest BCUT2D eigenvalue weighted by Crippen LogP contribution is -2.16. The number of hydrogen-bond acceptors (Lipinski definition) is 6. The van der Waals surface area contributed by atoms with Crippen LogP contribution in [-0.2, 0) is 0 Å². The van der Waals surface area contributed by atoms with Crippen LogP contribution in [0, 0.1) is 13.8 Å². The zero-order valence-electron chi connectivity index (χ0n) is 16.0. The number of nitrogens with zero attached hydrogens (tertiary/aromatic N) is 3. The Morgan fingerprint density at radius 2 is 1.86 bits per heavy atom. The van der Waals surface area contributed by atoms with Gasteiger partial charge in [0, 0.05) is 22.2 Å². The topological polar surface area (TPSA) is 104 Å². The Bertz CT molecular complexity index is 1240. The summed E-state index contributed by atoms with van der Waals surface area (Å²) in [6.07, 6.45) is 0. The number of fused-ring (bicyclic) bond motifs is 3. The van der Waals surface area contributed by atoms with E-state index in [0.717, 1.165) is 10.9 Å². The highest BCUT2D eigenvalue weighted by Gasteiger charge is 2.25. The van der Waals surface area contributed by atoms with E-state index in [2.05, 4.69) is 25.1 Å². The quantitative estimate of drug-likeness (QED) is 0.392. The van der Waals surface area contributed by atoms with E-state index in [1.54, 1.807) is 20.8 Å². The molecule has 0 fully saturated rings. The third kappa shape index (κ3) is 2.99. The number of para-hydroxylation sites is 1. The van der Waals surface area contributed by atoms with Gasteiger partial charge in [-0.3, -0.25) is 9.59 Å². The summed E-state index contributed by atoms with van der Waals surface area (Å²) in [6, 6.07) is 7.81. The van der Waals surface area contributed by atoms with Gasteiger partial charge in [-0.1, -0.05) is 30.0 Å². The number of H-pyrrole nitrogens is 2. The van der Waals surface area contributed by atoms with E-state index in [-0.39, 0.29) is 11.6 Å². The zero-order valence-corrected chi connectivity index (χ0v) is 16.8. The van der Waals surface area contributed by atoms with Gasteiger partial charge >= 0.3 is 0 Å². The number of carbonyl (C=O) groups is 2. The van der Waals surface area contributed by atoms with E-state index < -0.39 is 5.25 Å². The maximum absolute atomic E-state index is 12.9. The first-order chi connectivity index (χ1) is 13.4. The first kappa shape index (κ1) is 18.4. The third-order valence-electron chi connectivity index (χ3n) is 4.79. The highest BCUT2D eigenvalue weighted by atomic mass is 32.2. The van der Waals surface area contributed by atoms with E-state index in [1.165, 1.54) is 18.7 Å². The molecular weight excluding hydrogens is 374 g/mol. The minimum atomic E-state index is -0.430. The smallest absolute Gasteiger partial charge is 0.211 e. The molecule has 0 aliphatic rings. The van der Waals surface area contributed by atoms with Crippen molar-refractivity contribution in [3.8, 4) is 0 Å². The number of hydrogen-bond donors (Lipinski definition) is 2. The largest absolute Gasteiger partial charge is 0.355 e. The normalized spacial score (nSPS) is 12.6. The van der Waals surface area contributed by atoms with Crippen LogP contribution in [-0.4, -0.2) is 42.0 Å². The molecule has 8 heteroatoms. The van der Waals surface area contributed by atoms with Crippen LogP contribution < -0.4 is 0 Å². The molecule has 0 aliphatic heterocycles. The fraction of sp³-hybridized carbons (Fsp3) is 0.250. The lowest BCUT2D eigenvalue weighted by molar-refractivity contribution is 0.0988. The van der Waals surface area contributed by atoms with Crippen LogP contribution in [0.15, 0.2) is 29.4 Å². The number of nitrogens with one attached hydrogen (secondary N) is 2. The summed E-state index contributed by atoms with van der Waals surface area (Å²) in [7, 11) is 0. The van der Waals surface area contributed by atoms with Crippen molar-refractivity contribution in [3.63, 3.8) is 0 Å². The fourth-order valence-corrected chi connectivity index (χ4v) is 4.27. The lowest BCUT2D eigenvalue weighted by atomic mass is 10.0. The summed E-state index contributed by atoms with van der Waals surface area (Å²) in [5.41, 5.74) is 4.74. The second kappa shape index (κ2) is 6.87. The second-order valence-electron chi connectivity index (χ2n) is 6.77. The molecule has 4 rings (SSSR count). The van der Waals surface area contributed by atoms with Gasteiger partial charge in [0.05, 0.1) is 10.9 Å². The molecular formula is C20H19N5O2S. The molecule has 2 N–H and O–H groups in total. The van der Waals surface area contributed by atoms with Crippen molar-refractivity contribution in [1.82, 2.24) is 25.1 Å². The number of aromatic nitrogens is 5. The Morgan fingerprint density at radius 3 is 2.57 bits per heavy atom. The van der Waals surface area contributed by atoms with Crippen LogP contribution in [0.3, 0.4) is 0 Å². The summed E-state index contributed by atoms with van der Waals surface area (Å²) >= 11 is 1.24. The summed E-state index contributed by atoms with van der Waals surface area (Å²) in [4.78, 5) is 35.5. The molecule has 3 aromatic heterocycles. The van der Waals surface area contributed by atoms with Gasteiger partial charge in [-0.15, -0.1) is 10.2 Å². The molecule has 0 amide bonds. The van der Waals surface area contributed by atoms with E-state index in [9.17, 15) is 9.59 Å². The molecule has 1 aromatic carbocycles. The van der Waals surface area contributed by atoms with Crippen LogP contribution in [0.25, 0.3) is 22.1 Å². The highest BCUT2D eigenvalue weighted by molar-refractivity contribution is 8.00. The van der Waals surface area contributed by atoms with E-state index in [1.807, 2.05) is 24.3 Å². The number of Topliss-reactive ketones (excluding diaryl/α,β-unsaturated/α-hetero) is 2. The Kier molecular flexibility index (Phi) is 4.50. The average Bonchev–Trinajstić information content (AvgIpc) is 3.17. The Hall–Kier alpha value is -3.00. The van der Waals surface area contributed by atoms with Gasteiger partial charge in [0.15, 0.2) is 17.2 Å². The number of carbonyl (C=O) groups excluding carboxylic acids is 2. The molecule has 28 heavy (non-hydrogen) atoms. The number of thioether (sulfide) groups is 1. The monoisotopic (exact) mass is 393 g/mol. The number of aromatic amines is 2. The second-order valence-corrected chi connectivity index (χ2v) is 8.08. The predicted molar refractivity (Wildman–Crippen MR) is 109 cm³/mol. The molecule has 1 atom stereocenters. The molecule has 0 saturated carbocycles. The minimum Gasteiger partial charge on any atom is -0.355 e. The molecule has 3 heterocycles. The molecule has 0 radical (unpaired) electrons. The molecule has 0 saturated heterocycles. The SMILES string of the molecule is CC(=O)c1c(C)[nH]c(C(=O)[C@H](C)Sc2nnc3c(n2)[nH]c2ccccc23)c1C. The highest BCUT2D eigenvalue weighted by Crippen LogP contribution is 2.28. The van der Waals surface area contributed by atoms with Crippen molar-refractivity contribution in [2.24, 2.45) is 0 Å². The van der Waals surface area contributed by atoms with Crippen molar-refractivity contribution in [2.45, 2.75) is 38.1 Å². The van der Waals surface area contributed by atoms with Crippen LogP contribution >= 0.6 is 11.8 Å². The molecule has 0 bridgehead atoms. The van der Waals surface area contributed by atoms with Crippen molar-refractivity contribution >= 4 is 45.4 Å². The number of aryl methyl sites for hydroxylation is 1. The predicted octanol–water partition coefficient (Wildman–Crippen LogP) is 4.02. The maximum atomic E-state index is 12.9. The van der Waals surface area contributed by atoms with E-state index >= 15 is 0 Å². The van der Waals surface area contributed by atoms with Gasteiger partial charge in [0.1, 0.15) is 5.52 Å². The molecule has 142 valence electrons. The number of benzene rings is 1. The van der Waals surface area contributed by atoms with Gasteiger partial charge in [-0.2, -0.15) is 0 Å². The maximum Gasteiger partial charge on any atom is 0.211 e. The average molecular weight is 393 g/mol.